The fourth-order valence-electron chi connectivity index (χ4n) is 1.69. The highest BCUT2D eigenvalue weighted by Crippen LogP contribution is 2.20. The maximum atomic E-state index is 5.97. The topological polar surface area (TPSA) is 12.5 Å². The van der Waals surface area contributed by atoms with Crippen molar-refractivity contribution in [1.29, 1.82) is 0 Å². The maximum absolute atomic E-state index is 5.97. The lowest BCUT2D eigenvalue weighted by Crippen LogP contribution is -2.58. The second-order valence-corrected chi connectivity index (χ2v) is 15.8. The van der Waals surface area contributed by atoms with Crippen LogP contribution in [-0.4, -0.2) is 38.4 Å². The first-order valence-corrected chi connectivity index (χ1v) is 12.5. The summed E-state index contributed by atoms with van der Waals surface area (Å²) in [6.07, 6.45) is 2.39. The van der Waals surface area contributed by atoms with Crippen molar-refractivity contribution in [2.75, 3.05) is 6.61 Å². The second-order valence-electron chi connectivity index (χ2n) is 5.82. The predicted octanol–water partition coefficient (Wildman–Crippen LogP) is 2.24. The summed E-state index contributed by atoms with van der Waals surface area (Å²) in [6, 6.07) is 0. The summed E-state index contributed by atoms with van der Waals surface area (Å²) in [5.41, 5.74) is 0. The summed E-state index contributed by atoms with van der Waals surface area (Å²) in [5, 5.41) is 0. The van der Waals surface area contributed by atoms with E-state index in [9.17, 15) is 0 Å². The molecule has 0 rings (SSSR count). The van der Waals surface area contributed by atoms with Crippen LogP contribution >= 0.6 is 0 Å². The lowest BCUT2D eigenvalue weighted by atomic mass is 10.4. The van der Waals surface area contributed by atoms with Gasteiger partial charge >= 0.3 is 0 Å². The van der Waals surface area contributed by atoms with Gasteiger partial charge in [0.15, 0.2) is 0 Å². The molecule has 0 radical (unpaired) electrons. The van der Waals surface area contributed by atoms with E-state index >= 15 is 0 Å². The largest absolute Gasteiger partial charge is 0.313 e. The lowest BCUT2D eigenvalue weighted by molar-refractivity contribution is -0.0369. The average molecular weight is 266 g/mol. The number of unbranched alkanes of at least 4 members (excludes halogenated alkanes) is 1. The van der Waals surface area contributed by atoms with Crippen LogP contribution in [0.1, 0.15) is 19.8 Å². The molecule has 0 bridgehead atoms. The van der Waals surface area contributed by atoms with E-state index in [4.69, 9.17) is 4.84 Å². The molecule has 0 aliphatic heterocycles. The summed E-state index contributed by atoms with van der Waals surface area (Å²) in [5.74, 6) is 0. The van der Waals surface area contributed by atoms with E-state index in [0.29, 0.717) is 0 Å². The van der Waals surface area contributed by atoms with Gasteiger partial charge in [0.2, 0.25) is 0 Å². The Balaban J connectivity index is 0. The van der Waals surface area contributed by atoms with E-state index < -0.39 is 16.5 Å². The molecular weight excluding hydrogens is 234 g/mol. The van der Waals surface area contributed by atoms with Crippen molar-refractivity contribution in [2.45, 2.75) is 59.0 Å². The van der Waals surface area contributed by atoms with Crippen molar-refractivity contribution in [2.24, 2.45) is 0 Å². The zero-order valence-electron chi connectivity index (χ0n) is 11.0. The molecule has 0 N–H and O–H groups in total. The zero-order chi connectivity index (χ0) is 11.4. The molecule has 0 aromatic heterocycles. The highest BCUT2D eigenvalue weighted by Gasteiger charge is 2.35. The molecule has 15 heavy (non-hydrogen) atoms. The van der Waals surface area contributed by atoms with Crippen LogP contribution < -0.4 is 0 Å². The van der Waals surface area contributed by atoms with Gasteiger partial charge in [-0.2, -0.15) is 0 Å². The monoisotopic (exact) mass is 265 g/mol. The quantitative estimate of drug-likeness (QED) is 0.415. The van der Waals surface area contributed by atoms with E-state index in [1.165, 1.54) is 12.8 Å². The van der Waals surface area contributed by atoms with Crippen molar-refractivity contribution >= 4 is 27.4 Å². The van der Waals surface area contributed by atoms with Gasteiger partial charge in [0, 0.05) is 0 Å². The Bertz CT molecular complexity index is 149. The molecule has 0 aliphatic rings. The SMILES string of the molecule is CCCCON([Si](C)(C)C)[Si](C)(C)C.[SiH4]. The number of nitrogens with zero attached hydrogens (tertiary/aromatic N) is 1. The Kier molecular flexibility index (Phi) is 8.38. The van der Waals surface area contributed by atoms with E-state index in [-0.39, 0.29) is 11.0 Å². The van der Waals surface area contributed by atoms with Crippen molar-refractivity contribution in [3.8, 4) is 0 Å². The molecule has 0 amide bonds. The standard InChI is InChI=1S/C10H27NOSi2.H4Si/c1-8-9-10-12-11(13(2,3)4)14(5,6)7;/h8-10H2,1-7H3;1H4. The van der Waals surface area contributed by atoms with Gasteiger partial charge in [0.25, 0.3) is 0 Å². The smallest absolute Gasteiger partial charge is 0.141 e. The Labute approximate surface area is 103 Å². The molecule has 0 atom stereocenters. The van der Waals surface area contributed by atoms with Gasteiger partial charge in [0.1, 0.15) is 16.5 Å². The molecule has 0 saturated carbocycles. The van der Waals surface area contributed by atoms with Crippen LogP contribution in [0.25, 0.3) is 0 Å². The first-order valence-electron chi connectivity index (χ1n) is 5.63. The van der Waals surface area contributed by atoms with Gasteiger partial charge in [-0.15, -0.1) is 0 Å². The van der Waals surface area contributed by atoms with Crippen molar-refractivity contribution < 1.29 is 4.84 Å². The third-order valence-corrected chi connectivity index (χ3v) is 8.66. The summed E-state index contributed by atoms with van der Waals surface area (Å²) in [4.78, 5) is 5.97. The molecule has 0 unspecified atom stereocenters. The van der Waals surface area contributed by atoms with Gasteiger partial charge < -0.3 is 4.84 Å². The highest BCUT2D eigenvalue weighted by molar-refractivity contribution is 6.88. The lowest BCUT2D eigenvalue weighted by Gasteiger charge is -2.42. The first kappa shape index (κ1) is 17.9. The van der Waals surface area contributed by atoms with Crippen LogP contribution in [0.3, 0.4) is 0 Å². The third-order valence-electron chi connectivity index (χ3n) is 1.94. The molecule has 94 valence electrons. The van der Waals surface area contributed by atoms with Crippen LogP contribution in [0.4, 0.5) is 0 Å². The second kappa shape index (κ2) is 7.01. The number of rotatable bonds is 6. The van der Waals surface area contributed by atoms with Crippen molar-refractivity contribution in [3.63, 3.8) is 0 Å². The van der Waals surface area contributed by atoms with Crippen LogP contribution in [0.15, 0.2) is 0 Å². The minimum absolute atomic E-state index is 0. The number of hydrogen-bond donors (Lipinski definition) is 0. The van der Waals surface area contributed by atoms with Gasteiger partial charge in [0.05, 0.1) is 6.61 Å². The summed E-state index contributed by atoms with van der Waals surface area (Å²) < 4.78 is 2.38. The Morgan fingerprint density at radius 1 is 0.933 bits per heavy atom. The predicted molar refractivity (Wildman–Crippen MR) is 80.7 cm³/mol. The summed E-state index contributed by atoms with van der Waals surface area (Å²) in [6.45, 7) is 17.2. The average Bonchev–Trinajstić information content (AvgIpc) is 1.92. The Morgan fingerprint density at radius 2 is 1.33 bits per heavy atom. The minimum Gasteiger partial charge on any atom is -0.313 e. The van der Waals surface area contributed by atoms with Gasteiger partial charge in [-0.3, -0.25) is 0 Å². The maximum Gasteiger partial charge on any atom is 0.141 e. The van der Waals surface area contributed by atoms with Gasteiger partial charge in [-0.05, 0) is 17.4 Å². The third kappa shape index (κ3) is 7.46. The van der Waals surface area contributed by atoms with Crippen molar-refractivity contribution in [1.82, 2.24) is 4.39 Å². The molecule has 0 heterocycles. The van der Waals surface area contributed by atoms with Gasteiger partial charge in [-0.1, -0.05) is 52.6 Å². The molecule has 5 heteroatoms. The molecule has 0 aromatic rings. The van der Waals surface area contributed by atoms with Crippen LogP contribution in [0, 0.1) is 0 Å². The fourth-order valence-corrected chi connectivity index (χ4v) is 10.7. The van der Waals surface area contributed by atoms with Crippen molar-refractivity contribution in [3.05, 3.63) is 0 Å². The minimum atomic E-state index is -1.30. The fraction of sp³-hybridized carbons (Fsp3) is 1.00. The van der Waals surface area contributed by atoms with Gasteiger partial charge in [-0.25, -0.2) is 4.39 Å². The molecule has 0 fully saturated rings. The van der Waals surface area contributed by atoms with E-state index in [0.717, 1.165) is 6.61 Å². The zero-order valence-corrected chi connectivity index (χ0v) is 13.0. The molecular formula is C10H31NOSi3. The molecule has 2 nitrogen and oxygen atoms in total. The normalized spacial score (nSPS) is 12.8. The van der Waals surface area contributed by atoms with Crippen LogP contribution in [-0.2, 0) is 4.84 Å². The summed E-state index contributed by atoms with van der Waals surface area (Å²) >= 11 is 0. The van der Waals surface area contributed by atoms with Crippen LogP contribution in [0.5, 0.6) is 0 Å². The van der Waals surface area contributed by atoms with E-state index in [2.05, 4.69) is 50.6 Å². The molecule has 0 aliphatic carbocycles. The molecule has 0 aromatic carbocycles. The molecule has 0 spiro atoms. The Hall–Kier alpha value is 0.571. The van der Waals surface area contributed by atoms with E-state index in [1.54, 1.807) is 0 Å². The molecule has 0 saturated heterocycles. The number of hydrogen-bond acceptors (Lipinski definition) is 2. The Morgan fingerprint density at radius 3 is 1.60 bits per heavy atom. The highest BCUT2D eigenvalue weighted by atomic mass is 28.4. The van der Waals surface area contributed by atoms with E-state index in [1.807, 2.05) is 0 Å². The first-order chi connectivity index (χ1) is 6.19. The summed E-state index contributed by atoms with van der Waals surface area (Å²) in [7, 11) is -2.60. The van der Waals surface area contributed by atoms with Crippen LogP contribution in [0.2, 0.25) is 39.3 Å².